The van der Waals surface area contributed by atoms with Crippen LogP contribution in [-0.2, 0) is 0 Å². The van der Waals surface area contributed by atoms with Gasteiger partial charge in [-0.1, -0.05) is 180 Å². The van der Waals surface area contributed by atoms with Crippen LogP contribution in [0.3, 0.4) is 0 Å². The minimum absolute atomic E-state index is 0.503. The standard InChI is InChI=1S/C72H50N8/c1-43-37-44(2)40-47(39-43)68-73-69(48-41-45(3)38-46(4)42-48)75-70(74-68)65-66(77-57-29-13-5-21-49(57)50-22-6-14-30-58(50)77)71(79-61-33-17-9-25-53(61)54-26-10-18-34-62(54)79)76-72(80-63-35-19-11-27-55(63)56-28-12-20-36-64(56)80)67(65)78-59-31-15-7-23-51(59)52-24-8-16-32-60(52)78/h5-42H,1-4H3. The van der Waals surface area contributed by atoms with Crippen LogP contribution in [0.2, 0.25) is 0 Å². The molecule has 0 bridgehead atoms. The molecule has 16 rings (SSSR count). The minimum atomic E-state index is 0.503. The van der Waals surface area contributed by atoms with Crippen LogP contribution in [0, 0.1) is 27.7 Å². The fourth-order valence-electron chi connectivity index (χ4n) is 13.1. The second-order valence-electron chi connectivity index (χ2n) is 21.4. The number of para-hydroxylation sites is 8. The Labute approximate surface area is 460 Å². The van der Waals surface area contributed by atoms with Crippen LogP contribution in [0.25, 0.3) is 144 Å². The minimum Gasteiger partial charge on any atom is -0.305 e. The van der Waals surface area contributed by atoms with E-state index in [2.05, 4.69) is 276 Å². The molecule has 80 heavy (non-hydrogen) atoms. The van der Waals surface area contributed by atoms with Gasteiger partial charge in [0.1, 0.15) is 11.4 Å². The molecular weight excluding hydrogens is 977 g/mol. The Morgan fingerprint density at radius 3 is 0.725 bits per heavy atom. The molecule has 0 fully saturated rings. The first-order valence-electron chi connectivity index (χ1n) is 27.3. The summed E-state index contributed by atoms with van der Waals surface area (Å²) in [5, 5.41) is 8.98. The number of fused-ring (bicyclic) bond motifs is 12. The Kier molecular flexibility index (Phi) is 10.0. The van der Waals surface area contributed by atoms with Gasteiger partial charge in [-0.15, -0.1) is 0 Å². The molecule has 0 aliphatic carbocycles. The zero-order chi connectivity index (χ0) is 53.3. The highest BCUT2D eigenvalue weighted by Crippen LogP contribution is 2.48. The van der Waals surface area contributed by atoms with Crippen molar-refractivity contribution < 1.29 is 0 Å². The zero-order valence-electron chi connectivity index (χ0n) is 44.5. The van der Waals surface area contributed by atoms with Crippen molar-refractivity contribution in [2.45, 2.75) is 27.7 Å². The second kappa shape index (κ2) is 17.5. The molecule has 0 N–H and O–H groups in total. The molecule has 6 aromatic heterocycles. The molecular formula is C72H50N8. The van der Waals surface area contributed by atoms with Crippen molar-refractivity contribution in [2.24, 2.45) is 0 Å². The predicted octanol–water partition coefficient (Wildman–Crippen LogP) is 17.9. The summed E-state index contributed by atoms with van der Waals surface area (Å²) in [5.41, 5.74) is 16.9. The third-order valence-electron chi connectivity index (χ3n) is 16.1. The lowest BCUT2D eigenvalue weighted by Gasteiger charge is -2.26. The SMILES string of the molecule is Cc1cc(C)cc(-c2nc(-c3cc(C)cc(C)c3)nc(-c3c(-n4c5ccccc5c5ccccc54)c(-n4c5ccccc5c5ccccc54)nc(-n4c5ccccc5c5ccccc54)c3-n3c4ccccc4c4ccccc43)n2)c1. The maximum absolute atomic E-state index is 6.40. The molecule has 0 spiro atoms. The number of aryl methyl sites for hydroxylation is 4. The Balaban J connectivity index is 1.24. The van der Waals surface area contributed by atoms with Crippen molar-refractivity contribution in [3.63, 3.8) is 0 Å². The molecule has 0 unspecified atom stereocenters. The van der Waals surface area contributed by atoms with E-state index in [9.17, 15) is 0 Å². The van der Waals surface area contributed by atoms with E-state index in [1.165, 1.54) is 0 Å². The quantitative estimate of drug-likeness (QED) is 0.159. The Morgan fingerprint density at radius 2 is 0.463 bits per heavy atom. The van der Waals surface area contributed by atoms with Crippen molar-refractivity contribution in [2.75, 3.05) is 0 Å². The van der Waals surface area contributed by atoms with E-state index >= 15 is 0 Å². The number of rotatable bonds is 7. The molecule has 0 saturated heterocycles. The molecule has 0 radical (unpaired) electrons. The van der Waals surface area contributed by atoms with Gasteiger partial charge in [-0.05, 0) is 100 Å². The Bertz CT molecular complexity index is 4690. The van der Waals surface area contributed by atoms with Gasteiger partial charge in [-0.25, -0.2) is 19.9 Å². The van der Waals surface area contributed by atoms with Gasteiger partial charge in [-0.2, -0.15) is 0 Å². The first-order valence-corrected chi connectivity index (χ1v) is 27.3. The summed E-state index contributed by atoms with van der Waals surface area (Å²) < 4.78 is 9.65. The maximum Gasteiger partial charge on any atom is 0.168 e. The number of nitrogens with zero attached hydrogens (tertiary/aromatic N) is 8. The summed E-state index contributed by atoms with van der Waals surface area (Å²) in [5.74, 6) is 3.08. The summed E-state index contributed by atoms with van der Waals surface area (Å²) in [7, 11) is 0. The predicted molar refractivity (Wildman–Crippen MR) is 330 cm³/mol. The summed E-state index contributed by atoms with van der Waals surface area (Å²) in [6.45, 7) is 8.57. The monoisotopic (exact) mass is 1030 g/mol. The highest BCUT2D eigenvalue weighted by Gasteiger charge is 2.34. The van der Waals surface area contributed by atoms with Crippen LogP contribution in [0.5, 0.6) is 0 Å². The summed E-state index contributed by atoms with van der Waals surface area (Å²) >= 11 is 0. The van der Waals surface area contributed by atoms with E-state index in [0.717, 1.165) is 138 Å². The lowest BCUT2D eigenvalue weighted by atomic mass is 10.0. The average Bonchev–Trinajstić information content (AvgIpc) is 3.73. The molecule has 8 heteroatoms. The Hall–Kier alpha value is -10.4. The second-order valence-corrected chi connectivity index (χ2v) is 21.4. The van der Waals surface area contributed by atoms with Gasteiger partial charge in [0.05, 0.1) is 49.7 Å². The average molecular weight is 1030 g/mol. The largest absolute Gasteiger partial charge is 0.305 e. The zero-order valence-corrected chi connectivity index (χ0v) is 44.5. The van der Waals surface area contributed by atoms with Gasteiger partial charge in [0.15, 0.2) is 29.1 Å². The molecule has 0 aliphatic rings. The van der Waals surface area contributed by atoms with E-state index in [-0.39, 0.29) is 0 Å². The van der Waals surface area contributed by atoms with Crippen molar-refractivity contribution in [1.82, 2.24) is 38.2 Å². The number of pyridine rings is 1. The van der Waals surface area contributed by atoms with Gasteiger partial charge in [0.25, 0.3) is 0 Å². The van der Waals surface area contributed by atoms with Crippen molar-refractivity contribution in [1.29, 1.82) is 0 Å². The lowest BCUT2D eigenvalue weighted by molar-refractivity contribution is 0.952. The van der Waals surface area contributed by atoms with E-state index in [0.29, 0.717) is 29.1 Å². The molecule has 0 atom stereocenters. The van der Waals surface area contributed by atoms with Crippen LogP contribution in [-0.4, -0.2) is 38.2 Å². The first-order chi connectivity index (χ1) is 39.3. The topological polar surface area (TPSA) is 71.3 Å². The van der Waals surface area contributed by atoms with Crippen LogP contribution < -0.4 is 0 Å². The summed E-state index contributed by atoms with van der Waals surface area (Å²) in [6, 6.07) is 83.1. The highest BCUT2D eigenvalue weighted by atomic mass is 15.2. The number of aromatic nitrogens is 8. The fraction of sp³-hybridized carbons (Fsp3) is 0.0556. The molecule has 378 valence electrons. The van der Waals surface area contributed by atoms with E-state index in [1.807, 2.05) is 0 Å². The summed E-state index contributed by atoms with van der Waals surface area (Å²) in [4.78, 5) is 23.7. The first kappa shape index (κ1) is 45.7. The van der Waals surface area contributed by atoms with Crippen molar-refractivity contribution >= 4 is 87.2 Å². The van der Waals surface area contributed by atoms with Gasteiger partial charge in [0, 0.05) is 54.2 Å². The molecule has 8 nitrogen and oxygen atoms in total. The maximum atomic E-state index is 6.40. The van der Waals surface area contributed by atoms with Crippen LogP contribution in [0.1, 0.15) is 22.3 Å². The molecule has 10 aromatic carbocycles. The van der Waals surface area contributed by atoms with Gasteiger partial charge < -0.3 is 9.13 Å². The van der Waals surface area contributed by atoms with Gasteiger partial charge in [0.2, 0.25) is 0 Å². The summed E-state index contributed by atoms with van der Waals surface area (Å²) in [6.07, 6.45) is 0. The molecule has 0 saturated carbocycles. The number of benzene rings is 10. The molecule has 0 amide bonds. The van der Waals surface area contributed by atoms with E-state index < -0.39 is 0 Å². The van der Waals surface area contributed by atoms with Crippen LogP contribution >= 0.6 is 0 Å². The van der Waals surface area contributed by atoms with E-state index in [1.54, 1.807) is 0 Å². The van der Waals surface area contributed by atoms with Crippen molar-refractivity contribution in [3.05, 3.63) is 253 Å². The molecule has 16 aromatic rings. The highest BCUT2D eigenvalue weighted by molar-refractivity contribution is 6.15. The Morgan fingerprint density at radius 1 is 0.237 bits per heavy atom. The smallest absolute Gasteiger partial charge is 0.168 e. The van der Waals surface area contributed by atoms with Crippen LogP contribution in [0.4, 0.5) is 0 Å². The normalized spacial score (nSPS) is 12.0. The van der Waals surface area contributed by atoms with Gasteiger partial charge >= 0.3 is 0 Å². The number of hydrogen-bond acceptors (Lipinski definition) is 4. The van der Waals surface area contributed by atoms with Crippen LogP contribution in [0.15, 0.2) is 231 Å². The molecule has 6 heterocycles. The van der Waals surface area contributed by atoms with Crippen molar-refractivity contribution in [3.8, 4) is 57.2 Å². The lowest BCUT2D eigenvalue weighted by Crippen LogP contribution is -2.17. The third-order valence-corrected chi connectivity index (χ3v) is 16.1. The number of hydrogen-bond donors (Lipinski definition) is 0. The van der Waals surface area contributed by atoms with Gasteiger partial charge in [-0.3, -0.25) is 9.13 Å². The van der Waals surface area contributed by atoms with E-state index in [4.69, 9.17) is 19.9 Å². The molecule has 0 aliphatic heterocycles. The third kappa shape index (κ3) is 6.82. The fourth-order valence-corrected chi connectivity index (χ4v) is 13.1.